The highest BCUT2D eigenvalue weighted by Crippen LogP contribution is 2.46. The van der Waals surface area contributed by atoms with Crippen molar-refractivity contribution in [2.75, 3.05) is 0 Å². The highest BCUT2D eigenvalue weighted by atomic mass is 32.2. The third kappa shape index (κ3) is 6.97. The number of benzene rings is 3. The minimum absolute atomic E-state index is 0.0368. The van der Waals surface area contributed by atoms with E-state index in [1.54, 1.807) is 36.4 Å². The highest BCUT2D eigenvalue weighted by Gasteiger charge is 2.28. The van der Waals surface area contributed by atoms with Crippen LogP contribution in [0, 0.1) is 0 Å². The number of carbonyl (C=O) groups excluding carboxylic acids is 4. The van der Waals surface area contributed by atoms with Crippen LogP contribution in [0.4, 0.5) is 0 Å². The van der Waals surface area contributed by atoms with E-state index < -0.39 is 17.9 Å². The van der Waals surface area contributed by atoms with Crippen molar-refractivity contribution in [2.45, 2.75) is 62.4 Å². The Labute approximate surface area is 254 Å². The first-order valence-corrected chi connectivity index (χ1v) is 15.1. The Hall–Kier alpha value is -4.43. The molecule has 1 saturated carbocycles. The Morgan fingerprint density at radius 2 is 1.53 bits per heavy atom. The van der Waals surface area contributed by atoms with Gasteiger partial charge in [0.25, 0.3) is 0 Å². The molecule has 1 fully saturated rings. The number of thioether (sulfide) groups is 1. The SMILES string of the molecule is C=COC(=O)c1ccc(SC(=O)c2ccc3c(c2)C(C)c2cc(OC(=O)C(=C)CC(=O)OC4CCCCC4)ccc2-3)cc1. The molecule has 0 saturated heterocycles. The van der Waals surface area contributed by atoms with Crippen molar-refractivity contribution in [1.82, 2.24) is 0 Å². The summed E-state index contributed by atoms with van der Waals surface area (Å²) < 4.78 is 15.8. The second-order valence-electron chi connectivity index (χ2n) is 10.7. The number of rotatable bonds is 9. The van der Waals surface area contributed by atoms with Crippen LogP contribution in [0.2, 0.25) is 0 Å². The van der Waals surface area contributed by atoms with Crippen LogP contribution in [0.15, 0.2) is 90.6 Å². The van der Waals surface area contributed by atoms with Crippen molar-refractivity contribution >= 4 is 34.8 Å². The van der Waals surface area contributed by atoms with Gasteiger partial charge in [0, 0.05) is 21.9 Å². The Balaban J connectivity index is 1.21. The van der Waals surface area contributed by atoms with Crippen LogP contribution in [0.3, 0.4) is 0 Å². The van der Waals surface area contributed by atoms with Crippen LogP contribution in [0.5, 0.6) is 5.75 Å². The number of esters is 3. The Morgan fingerprint density at radius 1 is 0.884 bits per heavy atom. The first kappa shape index (κ1) is 30.0. The fourth-order valence-corrected chi connectivity index (χ4v) is 6.20. The van der Waals surface area contributed by atoms with Crippen molar-refractivity contribution in [3.8, 4) is 16.9 Å². The molecular weight excluding hydrogens is 564 g/mol. The van der Waals surface area contributed by atoms with Crippen LogP contribution in [-0.2, 0) is 19.1 Å². The summed E-state index contributed by atoms with van der Waals surface area (Å²) in [6.45, 7) is 9.16. The van der Waals surface area contributed by atoms with E-state index in [1.165, 1.54) is 0 Å². The molecule has 1 unspecified atom stereocenters. The Morgan fingerprint density at radius 3 is 2.23 bits per heavy atom. The van der Waals surface area contributed by atoms with E-state index in [9.17, 15) is 19.2 Å². The summed E-state index contributed by atoms with van der Waals surface area (Å²) in [4.78, 5) is 50.6. The molecule has 0 bridgehead atoms. The quantitative estimate of drug-likeness (QED) is 0.0812. The van der Waals surface area contributed by atoms with E-state index in [1.807, 2.05) is 31.2 Å². The first-order chi connectivity index (χ1) is 20.7. The van der Waals surface area contributed by atoms with Crippen LogP contribution >= 0.6 is 11.8 Å². The Bertz CT molecular complexity index is 1600. The molecule has 0 heterocycles. The van der Waals surface area contributed by atoms with Gasteiger partial charge < -0.3 is 14.2 Å². The number of ether oxygens (including phenoxy) is 3. The van der Waals surface area contributed by atoms with E-state index in [2.05, 4.69) is 13.2 Å². The van der Waals surface area contributed by atoms with Gasteiger partial charge in [0.05, 0.1) is 18.2 Å². The van der Waals surface area contributed by atoms with Gasteiger partial charge in [-0.2, -0.15) is 0 Å². The van der Waals surface area contributed by atoms with E-state index in [0.717, 1.165) is 72.4 Å². The molecule has 0 amide bonds. The number of hydrogen-bond donors (Lipinski definition) is 0. The summed E-state index contributed by atoms with van der Waals surface area (Å²) >= 11 is 1.08. The van der Waals surface area contributed by atoms with E-state index in [-0.39, 0.29) is 29.1 Å². The summed E-state index contributed by atoms with van der Waals surface area (Å²) in [5.74, 6) is -1.31. The van der Waals surface area contributed by atoms with Crippen molar-refractivity contribution in [1.29, 1.82) is 0 Å². The second-order valence-corrected chi connectivity index (χ2v) is 11.7. The first-order valence-electron chi connectivity index (χ1n) is 14.3. The van der Waals surface area contributed by atoms with Crippen LogP contribution in [0.25, 0.3) is 11.1 Å². The van der Waals surface area contributed by atoms with E-state index >= 15 is 0 Å². The third-order valence-electron chi connectivity index (χ3n) is 7.73. The molecule has 0 radical (unpaired) electrons. The van der Waals surface area contributed by atoms with Gasteiger partial charge in [-0.3, -0.25) is 9.59 Å². The maximum atomic E-state index is 13.1. The van der Waals surface area contributed by atoms with Gasteiger partial charge in [0.15, 0.2) is 0 Å². The molecule has 3 aromatic rings. The van der Waals surface area contributed by atoms with Crippen LogP contribution in [-0.4, -0.2) is 29.1 Å². The van der Waals surface area contributed by atoms with Gasteiger partial charge in [-0.25, -0.2) is 9.59 Å². The molecule has 2 aliphatic carbocycles. The van der Waals surface area contributed by atoms with Crippen molar-refractivity contribution in [3.63, 3.8) is 0 Å². The summed E-state index contributed by atoms with van der Waals surface area (Å²) in [5, 5.41) is -0.123. The molecule has 0 aromatic heterocycles. The second kappa shape index (κ2) is 13.3. The predicted octanol–water partition coefficient (Wildman–Crippen LogP) is 7.78. The standard InChI is InChI=1S/C35H32O7S/c1-4-40-34(38)23-10-14-27(15-11-23)43-35(39)24-12-16-28-29-17-13-26(20-31(29)22(3)30(28)19-24)42-33(37)21(2)18-32(36)41-25-8-6-5-7-9-25/h4,10-17,19-20,22,25H,1-2,5-9,18H2,3H3. The molecule has 43 heavy (non-hydrogen) atoms. The summed E-state index contributed by atoms with van der Waals surface area (Å²) in [6, 6.07) is 17.7. The molecule has 0 spiro atoms. The third-order valence-corrected chi connectivity index (χ3v) is 8.66. The van der Waals surface area contributed by atoms with Gasteiger partial charge in [0.2, 0.25) is 5.12 Å². The predicted molar refractivity (Wildman–Crippen MR) is 164 cm³/mol. The molecule has 3 aromatic carbocycles. The fraction of sp³-hybridized carbons (Fsp3) is 0.257. The molecule has 220 valence electrons. The zero-order valence-corrected chi connectivity index (χ0v) is 24.7. The topological polar surface area (TPSA) is 96.0 Å². The van der Waals surface area contributed by atoms with Gasteiger partial charge >= 0.3 is 17.9 Å². The minimum atomic E-state index is -0.667. The van der Waals surface area contributed by atoms with Crippen molar-refractivity contribution < 1.29 is 33.4 Å². The summed E-state index contributed by atoms with van der Waals surface area (Å²) in [6.07, 6.45) is 5.75. The monoisotopic (exact) mass is 596 g/mol. The smallest absolute Gasteiger partial charge is 0.342 e. The number of hydrogen-bond acceptors (Lipinski definition) is 8. The minimum Gasteiger partial charge on any atom is -0.462 e. The molecule has 1 atom stereocenters. The van der Waals surface area contributed by atoms with Gasteiger partial charge in [-0.05, 0) is 108 Å². The van der Waals surface area contributed by atoms with E-state index in [4.69, 9.17) is 14.2 Å². The maximum absolute atomic E-state index is 13.1. The molecule has 7 nitrogen and oxygen atoms in total. The highest BCUT2D eigenvalue weighted by molar-refractivity contribution is 8.14. The lowest BCUT2D eigenvalue weighted by Crippen LogP contribution is -2.22. The average Bonchev–Trinajstić information content (AvgIpc) is 3.28. The molecule has 0 aliphatic heterocycles. The summed E-state index contributed by atoms with van der Waals surface area (Å²) in [5.41, 5.74) is 4.97. The normalized spacial score (nSPS) is 15.5. The lowest BCUT2D eigenvalue weighted by atomic mass is 9.98. The molecular formula is C35H32O7S. The van der Waals surface area contributed by atoms with Crippen LogP contribution < -0.4 is 4.74 Å². The average molecular weight is 597 g/mol. The molecule has 2 aliphatic rings. The van der Waals surface area contributed by atoms with Crippen molar-refractivity contribution in [2.24, 2.45) is 0 Å². The lowest BCUT2D eigenvalue weighted by molar-refractivity contribution is -0.150. The van der Waals surface area contributed by atoms with Gasteiger partial charge in [-0.1, -0.05) is 38.6 Å². The molecule has 5 rings (SSSR count). The van der Waals surface area contributed by atoms with Gasteiger partial charge in [0.1, 0.15) is 11.9 Å². The number of carbonyl (C=O) groups is 4. The zero-order chi connectivity index (χ0) is 30.5. The van der Waals surface area contributed by atoms with E-state index in [0.29, 0.717) is 21.8 Å². The Kier molecular flexibility index (Phi) is 9.26. The molecule has 8 heteroatoms. The largest absolute Gasteiger partial charge is 0.462 e. The fourth-order valence-electron chi connectivity index (χ4n) is 5.47. The maximum Gasteiger partial charge on any atom is 0.342 e. The van der Waals surface area contributed by atoms with Gasteiger partial charge in [-0.15, -0.1) is 0 Å². The van der Waals surface area contributed by atoms with Crippen molar-refractivity contribution in [3.05, 3.63) is 108 Å². The summed E-state index contributed by atoms with van der Waals surface area (Å²) in [7, 11) is 0. The lowest BCUT2D eigenvalue weighted by Gasteiger charge is -2.21. The number of fused-ring (bicyclic) bond motifs is 3. The van der Waals surface area contributed by atoms with Crippen LogP contribution in [0.1, 0.15) is 83.2 Å². The molecule has 0 N–H and O–H groups in total. The zero-order valence-electron chi connectivity index (χ0n) is 23.9.